The third-order valence-corrected chi connectivity index (χ3v) is 3.64. The van der Waals surface area contributed by atoms with E-state index in [4.69, 9.17) is 11.6 Å². The second-order valence-electron chi connectivity index (χ2n) is 7.11. The molecule has 0 heterocycles. The predicted molar refractivity (Wildman–Crippen MR) is 94.6 cm³/mol. The van der Waals surface area contributed by atoms with Crippen LogP contribution in [0.15, 0.2) is 29.3 Å². The number of halogens is 2. The minimum absolute atomic E-state index is 0.0940. The highest BCUT2D eigenvalue weighted by molar-refractivity contribution is 9.11. The van der Waals surface area contributed by atoms with Crippen molar-refractivity contribution in [3.05, 3.63) is 39.8 Å². The average Bonchev–Trinajstić information content (AvgIpc) is 2.28. The topological polar surface area (TPSA) is 29.1 Å². The smallest absolute Gasteiger partial charge is 0.252 e. The molecule has 2 nitrogen and oxygen atoms in total. The van der Waals surface area contributed by atoms with Gasteiger partial charge in [0.05, 0.1) is 5.57 Å². The zero-order valence-electron chi connectivity index (χ0n) is 13.3. The zero-order chi connectivity index (χ0) is 16.3. The molecule has 0 atom stereocenters. The van der Waals surface area contributed by atoms with Crippen molar-refractivity contribution in [1.82, 2.24) is 5.32 Å². The molecule has 0 spiro atoms. The van der Waals surface area contributed by atoms with Crippen LogP contribution in [0.4, 0.5) is 0 Å². The van der Waals surface area contributed by atoms with Gasteiger partial charge in [0.15, 0.2) is 0 Å². The van der Waals surface area contributed by atoms with E-state index in [0.29, 0.717) is 10.6 Å². The van der Waals surface area contributed by atoms with Gasteiger partial charge >= 0.3 is 0 Å². The summed E-state index contributed by atoms with van der Waals surface area (Å²) in [5.41, 5.74) is 1.30. The van der Waals surface area contributed by atoms with Gasteiger partial charge < -0.3 is 5.32 Å². The maximum absolute atomic E-state index is 12.5. The molecule has 0 aromatic heterocycles. The molecule has 0 unspecified atom stereocenters. The van der Waals surface area contributed by atoms with Crippen molar-refractivity contribution in [2.45, 2.75) is 46.6 Å². The van der Waals surface area contributed by atoms with E-state index in [0.717, 1.165) is 12.0 Å². The van der Waals surface area contributed by atoms with Crippen LogP contribution in [0.25, 0.3) is 5.57 Å². The summed E-state index contributed by atoms with van der Waals surface area (Å²) < 4.78 is 0. The molecule has 4 heteroatoms. The number of amides is 1. The van der Waals surface area contributed by atoms with Crippen molar-refractivity contribution in [2.24, 2.45) is 5.41 Å². The molecule has 0 radical (unpaired) electrons. The first-order chi connectivity index (χ1) is 9.54. The molecule has 0 saturated carbocycles. The highest BCUT2D eigenvalue weighted by atomic mass is 79.9. The third kappa shape index (κ3) is 6.23. The predicted octanol–water partition coefficient (Wildman–Crippen LogP) is 5.41. The van der Waals surface area contributed by atoms with Gasteiger partial charge in [0, 0.05) is 10.6 Å². The number of carbonyl (C=O) groups is 1. The van der Waals surface area contributed by atoms with E-state index in [1.165, 1.54) is 0 Å². The van der Waals surface area contributed by atoms with Crippen molar-refractivity contribution in [3.63, 3.8) is 0 Å². The maximum atomic E-state index is 12.5. The molecule has 1 aromatic rings. The minimum atomic E-state index is -0.275. The second kappa shape index (κ2) is 6.97. The molecule has 0 bridgehead atoms. The Hall–Kier alpha value is -0.800. The molecule has 0 fully saturated rings. The van der Waals surface area contributed by atoms with E-state index < -0.39 is 0 Å². The zero-order valence-corrected chi connectivity index (χ0v) is 15.6. The Morgan fingerprint density at radius 1 is 1.19 bits per heavy atom. The monoisotopic (exact) mass is 371 g/mol. The molecule has 21 heavy (non-hydrogen) atoms. The van der Waals surface area contributed by atoms with Gasteiger partial charge in [-0.1, -0.05) is 60.4 Å². The van der Waals surface area contributed by atoms with E-state index in [2.05, 4.69) is 42.0 Å². The van der Waals surface area contributed by atoms with Crippen LogP contribution in [-0.4, -0.2) is 11.4 Å². The Labute approximate surface area is 141 Å². The van der Waals surface area contributed by atoms with Crippen molar-refractivity contribution >= 4 is 39.0 Å². The lowest BCUT2D eigenvalue weighted by Crippen LogP contribution is -2.46. The summed E-state index contributed by atoms with van der Waals surface area (Å²) in [5, 5.41) is 3.76. The van der Waals surface area contributed by atoms with Gasteiger partial charge in [-0.25, -0.2) is 0 Å². The standard InChI is InChI=1S/C17H23BrClNO/c1-16(2,3)11-17(4,5)20-15(21)14(10-18)12-6-8-13(19)9-7-12/h6-10H,11H2,1-5H3,(H,20,21)/b14-10+. The van der Waals surface area contributed by atoms with Crippen LogP contribution < -0.4 is 5.32 Å². The fraction of sp³-hybridized carbons (Fsp3) is 0.471. The minimum Gasteiger partial charge on any atom is -0.347 e. The molecule has 0 aliphatic carbocycles. The van der Waals surface area contributed by atoms with Crippen molar-refractivity contribution in [2.75, 3.05) is 0 Å². The summed E-state index contributed by atoms with van der Waals surface area (Å²) in [6, 6.07) is 7.24. The van der Waals surface area contributed by atoms with Crippen LogP contribution in [0.3, 0.4) is 0 Å². The van der Waals surface area contributed by atoms with Gasteiger partial charge in [-0.05, 0) is 48.4 Å². The average molecular weight is 373 g/mol. The fourth-order valence-corrected chi connectivity index (χ4v) is 3.22. The number of rotatable bonds is 4. The van der Waals surface area contributed by atoms with Gasteiger partial charge in [0.2, 0.25) is 0 Å². The molecule has 0 aliphatic rings. The van der Waals surface area contributed by atoms with Crippen LogP contribution in [-0.2, 0) is 4.79 Å². The van der Waals surface area contributed by atoms with Crippen LogP contribution in [0.1, 0.15) is 46.6 Å². The van der Waals surface area contributed by atoms with E-state index >= 15 is 0 Å². The van der Waals surface area contributed by atoms with Crippen molar-refractivity contribution in [3.8, 4) is 0 Å². The summed E-state index contributed by atoms with van der Waals surface area (Å²) in [4.78, 5) is 14.2. The van der Waals surface area contributed by atoms with Gasteiger partial charge in [-0.2, -0.15) is 0 Å². The molecule has 1 amide bonds. The molecule has 1 aromatic carbocycles. The number of hydrogen-bond acceptors (Lipinski definition) is 1. The highest BCUT2D eigenvalue weighted by Crippen LogP contribution is 2.28. The number of hydrogen-bond donors (Lipinski definition) is 1. The first kappa shape index (κ1) is 18.2. The van der Waals surface area contributed by atoms with Crippen LogP contribution in [0, 0.1) is 5.41 Å². The van der Waals surface area contributed by atoms with E-state index in [-0.39, 0.29) is 16.9 Å². The van der Waals surface area contributed by atoms with Crippen molar-refractivity contribution in [1.29, 1.82) is 0 Å². The lowest BCUT2D eigenvalue weighted by Gasteiger charge is -2.33. The Balaban J connectivity index is 2.88. The number of nitrogens with one attached hydrogen (secondary N) is 1. The summed E-state index contributed by atoms with van der Waals surface area (Å²) in [5.74, 6) is -0.0940. The quantitative estimate of drug-likeness (QED) is 0.704. The SMILES string of the molecule is CC(C)(C)CC(C)(C)NC(=O)/C(=C/Br)c1ccc(Cl)cc1. The Bertz CT molecular complexity index is 527. The van der Waals surface area contributed by atoms with E-state index in [1.807, 2.05) is 26.0 Å². The Morgan fingerprint density at radius 2 is 1.71 bits per heavy atom. The first-order valence-electron chi connectivity index (χ1n) is 6.93. The largest absolute Gasteiger partial charge is 0.347 e. The molecule has 1 N–H and O–H groups in total. The Morgan fingerprint density at radius 3 is 2.14 bits per heavy atom. The first-order valence-corrected chi connectivity index (χ1v) is 8.22. The van der Waals surface area contributed by atoms with Crippen molar-refractivity contribution < 1.29 is 4.79 Å². The molecule has 1 rings (SSSR count). The third-order valence-electron chi connectivity index (χ3n) is 2.93. The van der Waals surface area contributed by atoms with Crippen LogP contribution in [0.5, 0.6) is 0 Å². The normalized spacial score (nSPS) is 13.2. The van der Waals surface area contributed by atoms with Crippen LogP contribution >= 0.6 is 27.5 Å². The summed E-state index contributed by atoms with van der Waals surface area (Å²) in [6.07, 6.45) is 0.891. The molecule has 116 valence electrons. The van der Waals surface area contributed by atoms with E-state index in [9.17, 15) is 4.79 Å². The van der Waals surface area contributed by atoms with Crippen LogP contribution in [0.2, 0.25) is 5.02 Å². The Kier molecular flexibility index (Phi) is 6.06. The van der Waals surface area contributed by atoms with Gasteiger partial charge in [-0.3, -0.25) is 4.79 Å². The number of benzene rings is 1. The summed E-state index contributed by atoms with van der Waals surface area (Å²) >= 11 is 9.17. The molecular formula is C17H23BrClNO. The second-order valence-corrected chi connectivity index (χ2v) is 8.00. The lowest BCUT2D eigenvalue weighted by molar-refractivity contribution is -0.117. The highest BCUT2D eigenvalue weighted by Gasteiger charge is 2.28. The molecular weight excluding hydrogens is 350 g/mol. The van der Waals surface area contributed by atoms with Gasteiger partial charge in [-0.15, -0.1) is 0 Å². The van der Waals surface area contributed by atoms with E-state index in [1.54, 1.807) is 17.1 Å². The van der Waals surface area contributed by atoms with Gasteiger partial charge in [0.25, 0.3) is 5.91 Å². The lowest BCUT2D eigenvalue weighted by atomic mass is 9.81. The molecule has 0 aliphatic heterocycles. The number of carbonyl (C=O) groups excluding carboxylic acids is 1. The fourth-order valence-electron chi connectivity index (χ4n) is 2.62. The molecule has 0 saturated heterocycles. The summed E-state index contributed by atoms with van der Waals surface area (Å²) in [6.45, 7) is 10.6. The summed E-state index contributed by atoms with van der Waals surface area (Å²) in [7, 11) is 0. The maximum Gasteiger partial charge on any atom is 0.252 e. The van der Waals surface area contributed by atoms with Gasteiger partial charge in [0.1, 0.15) is 0 Å².